The van der Waals surface area contributed by atoms with Crippen molar-refractivity contribution in [2.24, 2.45) is 0 Å². The van der Waals surface area contributed by atoms with E-state index in [-0.39, 0.29) is 36.8 Å². The summed E-state index contributed by atoms with van der Waals surface area (Å²) in [5, 5.41) is 3.09. The predicted octanol–water partition coefficient (Wildman–Crippen LogP) is -0.383. The number of nitrogens with one attached hydrogen (secondary N) is 1. The van der Waals surface area contributed by atoms with E-state index in [0.29, 0.717) is 0 Å². The largest absolute Gasteiger partial charge is 0.347 e. The first-order valence-electron chi connectivity index (χ1n) is 4.78. The predicted molar refractivity (Wildman–Crippen MR) is 67.8 cm³/mol. The van der Waals surface area contributed by atoms with Gasteiger partial charge >= 0.3 is 0 Å². The van der Waals surface area contributed by atoms with Gasteiger partial charge in [-0.1, -0.05) is 0 Å². The maximum atomic E-state index is 11.8. The number of thioether (sulfide) groups is 1. The topological polar surface area (TPSA) is 52.7 Å². The van der Waals surface area contributed by atoms with Crippen LogP contribution < -0.4 is 5.32 Å². The molecule has 0 saturated carbocycles. The van der Waals surface area contributed by atoms with Gasteiger partial charge in [0.15, 0.2) is 0 Å². The highest BCUT2D eigenvalue weighted by atomic mass is 35.5. The lowest BCUT2D eigenvalue weighted by molar-refractivity contribution is -0.138. The monoisotopic (exact) mass is 267 g/mol. The second-order valence-corrected chi connectivity index (χ2v) is 4.78. The molecule has 0 aromatic carbocycles. The number of hydrogen-bond donors (Lipinski definition) is 1. The number of carbonyl (C=O) groups excluding carboxylic acids is 2. The Balaban J connectivity index is 0.00000225. The van der Waals surface area contributed by atoms with Crippen molar-refractivity contribution in [2.75, 3.05) is 39.3 Å². The van der Waals surface area contributed by atoms with E-state index in [4.69, 9.17) is 0 Å². The summed E-state index contributed by atoms with van der Waals surface area (Å²) in [5.74, 6) is 1.54. The molecule has 1 aliphatic rings. The van der Waals surface area contributed by atoms with Gasteiger partial charge in [0, 0.05) is 32.8 Å². The maximum Gasteiger partial charge on any atom is 0.241 e. The summed E-state index contributed by atoms with van der Waals surface area (Å²) in [6, 6.07) is -0.130. The first-order valence-corrected chi connectivity index (χ1v) is 5.94. The zero-order chi connectivity index (χ0) is 11.4. The van der Waals surface area contributed by atoms with Crippen LogP contribution in [-0.4, -0.2) is 67.0 Å². The number of halogens is 1. The minimum Gasteiger partial charge on any atom is -0.347 e. The molecule has 1 heterocycles. The van der Waals surface area contributed by atoms with Crippen LogP contribution in [-0.2, 0) is 9.59 Å². The van der Waals surface area contributed by atoms with E-state index < -0.39 is 0 Å². The van der Waals surface area contributed by atoms with E-state index in [9.17, 15) is 9.59 Å². The van der Waals surface area contributed by atoms with Crippen LogP contribution in [0.4, 0.5) is 0 Å². The summed E-state index contributed by atoms with van der Waals surface area (Å²) in [6.07, 6.45) is 0. The van der Waals surface area contributed by atoms with Crippen LogP contribution in [0.25, 0.3) is 0 Å². The summed E-state index contributed by atoms with van der Waals surface area (Å²) in [6.45, 7) is 0.147. The molecule has 1 unspecified atom stereocenters. The molecular formula is C9H18ClN3O2S. The lowest BCUT2D eigenvalue weighted by Gasteiger charge is -2.21. The molecule has 1 saturated heterocycles. The van der Waals surface area contributed by atoms with Crippen LogP contribution in [0, 0.1) is 0 Å². The number of amides is 2. The standard InChI is InChI=1S/C9H17N3O2S.ClH/c1-11(2)8(13)4-12(3)9(14)7-5-15-6-10-7;/h7,10H,4-6H2,1-3H3;1H. The summed E-state index contributed by atoms with van der Waals surface area (Å²) < 4.78 is 0. The van der Waals surface area contributed by atoms with Gasteiger partial charge in [0.05, 0.1) is 12.6 Å². The van der Waals surface area contributed by atoms with Crippen molar-refractivity contribution in [3.05, 3.63) is 0 Å². The third kappa shape index (κ3) is 4.19. The van der Waals surface area contributed by atoms with Crippen LogP contribution in [0.15, 0.2) is 0 Å². The van der Waals surface area contributed by atoms with Crippen molar-refractivity contribution in [1.82, 2.24) is 15.1 Å². The minimum atomic E-state index is -0.130. The SMILES string of the molecule is CN(C)C(=O)CN(C)C(=O)C1CSCN1.Cl. The summed E-state index contributed by atoms with van der Waals surface area (Å²) in [4.78, 5) is 26.1. The normalized spacial score (nSPS) is 18.8. The molecule has 0 aromatic heterocycles. The molecule has 0 bridgehead atoms. The van der Waals surface area contributed by atoms with Crippen molar-refractivity contribution in [3.63, 3.8) is 0 Å². The molecule has 0 aromatic rings. The Bertz CT molecular complexity index is 257. The van der Waals surface area contributed by atoms with Gasteiger partial charge in [-0.05, 0) is 0 Å². The highest BCUT2D eigenvalue weighted by Gasteiger charge is 2.26. The van der Waals surface area contributed by atoms with E-state index in [0.717, 1.165) is 11.6 Å². The van der Waals surface area contributed by atoms with Crippen molar-refractivity contribution < 1.29 is 9.59 Å². The van der Waals surface area contributed by atoms with Gasteiger partial charge in [0.25, 0.3) is 0 Å². The Kier molecular flexibility index (Phi) is 6.78. The number of carbonyl (C=O) groups is 2. The van der Waals surface area contributed by atoms with Crippen LogP contribution in [0.1, 0.15) is 0 Å². The zero-order valence-electron chi connectivity index (χ0n) is 9.73. The van der Waals surface area contributed by atoms with E-state index in [2.05, 4.69) is 5.32 Å². The molecule has 94 valence electrons. The van der Waals surface area contributed by atoms with Gasteiger partial charge in [-0.2, -0.15) is 0 Å². The average Bonchev–Trinajstić information content (AvgIpc) is 2.68. The summed E-state index contributed by atoms with van der Waals surface area (Å²) >= 11 is 1.70. The molecule has 0 spiro atoms. The summed E-state index contributed by atoms with van der Waals surface area (Å²) in [7, 11) is 5.03. The lowest BCUT2D eigenvalue weighted by atomic mass is 10.3. The minimum absolute atomic E-state index is 0. The molecule has 16 heavy (non-hydrogen) atoms. The van der Waals surface area contributed by atoms with E-state index in [1.807, 2.05) is 0 Å². The first kappa shape index (κ1) is 15.5. The van der Waals surface area contributed by atoms with E-state index in [1.165, 1.54) is 9.80 Å². The third-order valence-corrected chi connectivity index (χ3v) is 3.20. The molecule has 2 amide bonds. The number of nitrogens with zero attached hydrogens (tertiary/aromatic N) is 2. The Hall–Kier alpha value is -0.460. The van der Waals surface area contributed by atoms with Crippen LogP contribution in [0.5, 0.6) is 0 Å². The Labute approximate surface area is 106 Å². The number of hydrogen-bond acceptors (Lipinski definition) is 4. The molecule has 1 fully saturated rings. The average molecular weight is 268 g/mol. The van der Waals surface area contributed by atoms with Gasteiger partial charge in [-0.3, -0.25) is 14.9 Å². The highest BCUT2D eigenvalue weighted by Crippen LogP contribution is 2.11. The molecule has 1 atom stereocenters. The van der Waals surface area contributed by atoms with Gasteiger partial charge in [-0.15, -0.1) is 24.2 Å². The van der Waals surface area contributed by atoms with Crippen LogP contribution in [0.2, 0.25) is 0 Å². The van der Waals surface area contributed by atoms with Crippen molar-refractivity contribution in [2.45, 2.75) is 6.04 Å². The maximum absolute atomic E-state index is 11.8. The lowest BCUT2D eigenvalue weighted by Crippen LogP contribution is -2.46. The second-order valence-electron chi connectivity index (χ2n) is 3.75. The van der Waals surface area contributed by atoms with E-state index >= 15 is 0 Å². The Morgan fingerprint density at radius 1 is 1.38 bits per heavy atom. The molecular weight excluding hydrogens is 250 g/mol. The Morgan fingerprint density at radius 2 is 2.00 bits per heavy atom. The van der Waals surface area contributed by atoms with E-state index in [1.54, 1.807) is 32.9 Å². The van der Waals surface area contributed by atoms with Crippen molar-refractivity contribution in [3.8, 4) is 0 Å². The number of rotatable bonds is 3. The summed E-state index contributed by atoms with van der Waals surface area (Å²) in [5.41, 5.74) is 0. The second kappa shape index (κ2) is 6.98. The van der Waals surface area contributed by atoms with Gasteiger partial charge in [-0.25, -0.2) is 0 Å². The molecule has 1 aliphatic heterocycles. The fourth-order valence-electron chi connectivity index (χ4n) is 1.24. The first-order chi connectivity index (χ1) is 7.02. The fraction of sp³-hybridized carbons (Fsp3) is 0.778. The highest BCUT2D eigenvalue weighted by molar-refractivity contribution is 7.99. The van der Waals surface area contributed by atoms with Gasteiger partial charge in [0.1, 0.15) is 0 Å². The van der Waals surface area contributed by atoms with Crippen molar-refractivity contribution >= 4 is 36.0 Å². The fourth-order valence-corrected chi connectivity index (χ4v) is 2.18. The molecule has 0 radical (unpaired) electrons. The Morgan fingerprint density at radius 3 is 2.44 bits per heavy atom. The van der Waals surface area contributed by atoms with Gasteiger partial charge in [0.2, 0.25) is 11.8 Å². The molecule has 0 aliphatic carbocycles. The molecule has 7 heteroatoms. The van der Waals surface area contributed by atoms with Gasteiger partial charge < -0.3 is 9.80 Å². The third-order valence-electron chi connectivity index (χ3n) is 2.26. The van der Waals surface area contributed by atoms with Crippen LogP contribution in [0.3, 0.4) is 0 Å². The van der Waals surface area contributed by atoms with Crippen molar-refractivity contribution in [1.29, 1.82) is 0 Å². The molecule has 5 nitrogen and oxygen atoms in total. The van der Waals surface area contributed by atoms with Crippen LogP contribution >= 0.6 is 24.2 Å². The number of likely N-dealkylation sites (N-methyl/N-ethyl adjacent to an activating group) is 2. The quantitative estimate of drug-likeness (QED) is 0.757. The molecule has 1 rings (SSSR count). The smallest absolute Gasteiger partial charge is 0.241 e. The zero-order valence-corrected chi connectivity index (χ0v) is 11.4. The molecule has 1 N–H and O–H groups in total.